The Kier molecular flexibility index (Phi) is 8.23. The maximum atomic E-state index is 12.2. The molecule has 0 radical (unpaired) electrons. The van der Waals surface area contributed by atoms with Gasteiger partial charge in [0.05, 0.1) is 16.1 Å². The fourth-order valence-corrected chi connectivity index (χ4v) is 2.54. The Morgan fingerprint density at radius 1 is 1.12 bits per heavy atom. The SMILES string of the molecule is CC(C)OCCCNC(=O)c1cccc(OCc2ccc(Cl)c(Cl)c2)c1. The zero-order chi connectivity index (χ0) is 18.9. The molecule has 4 nitrogen and oxygen atoms in total. The second kappa shape index (κ2) is 10.4. The number of benzene rings is 2. The van der Waals surface area contributed by atoms with Crippen molar-refractivity contribution in [3.63, 3.8) is 0 Å². The monoisotopic (exact) mass is 395 g/mol. The number of ether oxygens (including phenoxy) is 2. The first-order valence-corrected chi connectivity index (χ1v) is 9.28. The molecular formula is C20H23Cl2NO3. The lowest BCUT2D eigenvalue weighted by atomic mass is 10.2. The molecule has 1 N–H and O–H groups in total. The van der Waals surface area contributed by atoms with Gasteiger partial charge in [-0.05, 0) is 56.2 Å². The minimum absolute atomic E-state index is 0.130. The number of amides is 1. The van der Waals surface area contributed by atoms with Crippen molar-refractivity contribution >= 4 is 29.1 Å². The molecule has 0 aliphatic heterocycles. The van der Waals surface area contributed by atoms with E-state index in [1.807, 2.05) is 26.0 Å². The summed E-state index contributed by atoms with van der Waals surface area (Å²) in [6.45, 7) is 5.52. The van der Waals surface area contributed by atoms with Crippen LogP contribution in [-0.2, 0) is 11.3 Å². The third kappa shape index (κ3) is 6.87. The van der Waals surface area contributed by atoms with Crippen LogP contribution in [0.2, 0.25) is 10.0 Å². The van der Waals surface area contributed by atoms with Crippen LogP contribution in [0, 0.1) is 0 Å². The normalized spacial score (nSPS) is 10.8. The van der Waals surface area contributed by atoms with Crippen LogP contribution < -0.4 is 10.1 Å². The van der Waals surface area contributed by atoms with Crippen LogP contribution in [-0.4, -0.2) is 25.2 Å². The molecule has 0 saturated heterocycles. The molecule has 2 rings (SSSR count). The Bertz CT molecular complexity index is 735. The summed E-state index contributed by atoms with van der Waals surface area (Å²) in [6.07, 6.45) is 0.979. The van der Waals surface area contributed by atoms with E-state index in [0.29, 0.717) is 41.1 Å². The number of nitrogens with one attached hydrogen (secondary N) is 1. The van der Waals surface area contributed by atoms with E-state index in [-0.39, 0.29) is 12.0 Å². The summed E-state index contributed by atoms with van der Waals surface area (Å²) in [5.74, 6) is 0.487. The van der Waals surface area contributed by atoms with E-state index in [0.717, 1.165) is 12.0 Å². The number of carbonyl (C=O) groups excluding carboxylic acids is 1. The second-order valence-corrected chi connectivity index (χ2v) is 6.91. The maximum absolute atomic E-state index is 12.2. The van der Waals surface area contributed by atoms with Gasteiger partial charge in [0, 0.05) is 18.7 Å². The summed E-state index contributed by atoms with van der Waals surface area (Å²) < 4.78 is 11.2. The molecule has 0 unspecified atom stereocenters. The molecule has 1 amide bonds. The first kappa shape index (κ1) is 20.6. The predicted octanol–water partition coefficient (Wildman–Crippen LogP) is 5.12. The van der Waals surface area contributed by atoms with E-state index in [2.05, 4.69) is 5.32 Å². The first-order chi connectivity index (χ1) is 12.5. The van der Waals surface area contributed by atoms with Crippen molar-refractivity contribution in [3.05, 3.63) is 63.6 Å². The Balaban J connectivity index is 1.84. The summed E-state index contributed by atoms with van der Waals surface area (Å²) in [7, 11) is 0. The van der Waals surface area contributed by atoms with Crippen LogP contribution in [0.25, 0.3) is 0 Å². The lowest BCUT2D eigenvalue weighted by molar-refractivity contribution is 0.0757. The summed E-state index contributed by atoms with van der Waals surface area (Å²) in [4.78, 5) is 12.2. The maximum Gasteiger partial charge on any atom is 0.251 e. The fourth-order valence-electron chi connectivity index (χ4n) is 2.22. The van der Waals surface area contributed by atoms with Crippen molar-refractivity contribution < 1.29 is 14.3 Å². The van der Waals surface area contributed by atoms with Gasteiger partial charge >= 0.3 is 0 Å². The predicted molar refractivity (Wildman–Crippen MR) is 105 cm³/mol. The molecule has 0 heterocycles. The van der Waals surface area contributed by atoms with Crippen LogP contribution in [0.3, 0.4) is 0 Å². The number of hydrogen-bond acceptors (Lipinski definition) is 3. The van der Waals surface area contributed by atoms with E-state index >= 15 is 0 Å². The number of rotatable bonds is 9. The molecule has 2 aromatic rings. The zero-order valence-corrected chi connectivity index (χ0v) is 16.4. The molecule has 0 aliphatic rings. The van der Waals surface area contributed by atoms with E-state index in [4.69, 9.17) is 32.7 Å². The van der Waals surface area contributed by atoms with E-state index in [1.165, 1.54) is 0 Å². The highest BCUT2D eigenvalue weighted by molar-refractivity contribution is 6.42. The number of halogens is 2. The molecule has 0 spiro atoms. The largest absolute Gasteiger partial charge is 0.489 e. The van der Waals surface area contributed by atoms with Crippen LogP contribution in [0.5, 0.6) is 5.75 Å². The lowest BCUT2D eigenvalue weighted by Crippen LogP contribution is -2.25. The van der Waals surface area contributed by atoms with Gasteiger partial charge in [-0.2, -0.15) is 0 Å². The Labute approximate surface area is 164 Å². The van der Waals surface area contributed by atoms with Gasteiger partial charge in [0.1, 0.15) is 12.4 Å². The molecule has 2 aromatic carbocycles. The molecule has 0 aromatic heterocycles. The van der Waals surface area contributed by atoms with Crippen molar-refractivity contribution in [1.82, 2.24) is 5.32 Å². The standard InChI is InChI=1S/C20H23Cl2NO3/c1-14(2)25-10-4-9-23-20(24)16-5-3-6-17(12-16)26-13-15-7-8-18(21)19(22)11-15/h3,5-8,11-12,14H,4,9-10,13H2,1-2H3,(H,23,24). The minimum atomic E-state index is -0.130. The van der Waals surface area contributed by atoms with Crippen molar-refractivity contribution in [1.29, 1.82) is 0 Å². The quantitative estimate of drug-likeness (QED) is 0.599. The highest BCUT2D eigenvalue weighted by Crippen LogP contribution is 2.23. The van der Waals surface area contributed by atoms with Crippen molar-refractivity contribution in [3.8, 4) is 5.75 Å². The average Bonchev–Trinajstić information content (AvgIpc) is 2.62. The Hall–Kier alpha value is -1.75. The zero-order valence-electron chi connectivity index (χ0n) is 14.9. The molecule has 140 valence electrons. The Morgan fingerprint density at radius 3 is 2.65 bits per heavy atom. The average molecular weight is 396 g/mol. The van der Waals surface area contributed by atoms with Crippen molar-refractivity contribution in [2.75, 3.05) is 13.2 Å². The summed E-state index contributed by atoms with van der Waals surface area (Å²) in [5, 5.41) is 3.88. The summed E-state index contributed by atoms with van der Waals surface area (Å²) in [5.41, 5.74) is 1.46. The molecule has 6 heteroatoms. The van der Waals surface area contributed by atoms with Gasteiger partial charge in [0.15, 0.2) is 0 Å². The van der Waals surface area contributed by atoms with Crippen LogP contribution in [0.4, 0.5) is 0 Å². The van der Waals surface area contributed by atoms with Gasteiger partial charge in [-0.25, -0.2) is 0 Å². The molecule has 0 fully saturated rings. The van der Waals surface area contributed by atoms with E-state index < -0.39 is 0 Å². The summed E-state index contributed by atoms with van der Waals surface area (Å²) >= 11 is 11.9. The third-order valence-corrected chi connectivity index (χ3v) is 4.28. The minimum Gasteiger partial charge on any atom is -0.489 e. The van der Waals surface area contributed by atoms with Gasteiger partial charge in [-0.3, -0.25) is 4.79 Å². The van der Waals surface area contributed by atoms with Crippen molar-refractivity contribution in [2.24, 2.45) is 0 Å². The number of hydrogen-bond donors (Lipinski definition) is 1. The summed E-state index contributed by atoms with van der Waals surface area (Å²) in [6, 6.07) is 12.4. The van der Waals surface area contributed by atoms with Crippen LogP contribution in [0.1, 0.15) is 36.2 Å². The lowest BCUT2D eigenvalue weighted by Gasteiger charge is -2.10. The second-order valence-electron chi connectivity index (χ2n) is 6.09. The van der Waals surface area contributed by atoms with Crippen LogP contribution >= 0.6 is 23.2 Å². The van der Waals surface area contributed by atoms with Gasteiger partial charge in [0.2, 0.25) is 0 Å². The molecule has 26 heavy (non-hydrogen) atoms. The smallest absolute Gasteiger partial charge is 0.251 e. The topological polar surface area (TPSA) is 47.6 Å². The van der Waals surface area contributed by atoms with E-state index in [9.17, 15) is 4.79 Å². The van der Waals surface area contributed by atoms with E-state index in [1.54, 1.807) is 30.3 Å². The first-order valence-electron chi connectivity index (χ1n) is 8.52. The highest BCUT2D eigenvalue weighted by atomic mass is 35.5. The van der Waals surface area contributed by atoms with Gasteiger partial charge in [-0.15, -0.1) is 0 Å². The van der Waals surface area contributed by atoms with Gasteiger partial charge in [0.25, 0.3) is 5.91 Å². The highest BCUT2D eigenvalue weighted by Gasteiger charge is 2.07. The fraction of sp³-hybridized carbons (Fsp3) is 0.350. The molecule has 0 atom stereocenters. The molecule has 0 aliphatic carbocycles. The Morgan fingerprint density at radius 2 is 1.92 bits per heavy atom. The number of carbonyl (C=O) groups is 1. The molecule has 0 saturated carbocycles. The van der Waals surface area contributed by atoms with Gasteiger partial charge < -0.3 is 14.8 Å². The third-order valence-electron chi connectivity index (χ3n) is 3.54. The van der Waals surface area contributed by atoms with Gasteiger partial charge in [-0.1, -0.05) is 35.3 Å². The van der Waals surface area contributed by atoms with Crippen molar-refractivity contribution in [2.45, 2.75) is 33.0 Å². The molecule has 0 bridgehead atoms. The van der Waals surface area contributed by atoms with Crippen LogP contribution in [0.15, 0.2) is 42.5 Å². The molecular weight excluding hydrogens is 373 g/mol.